The van der Waals surface area contributed by atoms with Gasteiger partial charge >= 0.3 is 5.97 Å². The van der Waals surface area contributed by atoms with E-state index in [0.717, 1.165) is 11.6 Å². The highest BCUT2D eigenvalue weighted by atomic mass is 16.5. The number of carbonyl (C=O) groups is 2. The van der Waals surface area contributed by atoms with Gasteiger partial charge in [0.2, 0.25) is 0 Å². The number of ether oxygens (including phenoxy) is 2. The number of amides is 1. The van der Waals surface area contributed by atoms with Crippen LogP contribution in [-0.4, -0.2) is 35.8 Å². The summed E-state index contributed by atoms with van der Waals surface area (Å²) in [6.45, 7) is -0.316. The number of methoxy groups -OCH3 is 1. The predicted molar refractivity (Wildman–Crippen MR) is 102 cm³/mol. The Kier molecular flexibility index (Phi) is 5.64. The normalized spacial score (nSPS) is 10.5. The van der Waals surface area contributed by atoms with Crippen LogP contribution in [0.3, 0.4) is 0 Å². The number of carbonyl (C=O) groups excluding carboxylic acids is 2. The van der Waals surface area contributed by atoms with E-state index in [1.54, 1.807) is 36.4 Å². The van der Waals surface area contributed by atoms with Gasteiger partial charge in [-0.1, -0.05) is 42.5 Å². The van der Waals surface area contributed by atoms with Crippen molar-refractivity contribution in [3.8, 4) is 17.2 Å². The number of hydrogen-bond acceptors (Lipinski definition) is 6. The number of aromatic hydroxyl groups is 2. The molecule has 3 aromatic carbocycles. The van der Waals surface area contributed by atoms with Crippen LogP contribution in [0.1, 0.15) is 15.9 Å². The highest BCUT2D eigenvalue weighted by Crippen LogP contribution is 2.35. The van der Waals surface area contributed by atoms with E-state index in [-0.39, 0.29) is 23.6 Å². The molecule has 144 valence electrons. The van der Waals surface area contributed by atoms with Gasteiger partial charge in [-0.3, -0.25) is 4.79 Å². The molecule has 0 bridgehead atoms. The van der Waals surface area contributed by atoms with Gasteiger partial charge in [-0.2, -0.15) is 0 Å². The summed E-state index contributed by atoms with van der Waals surface area (Å²) in [6.07, 6.45) is 0. The molecule has 7 nitrogen and oxygen atoms in total. The Morgan fingerprint density at radius 2 is 1.68 bits per heavy atom. The van der Waals surface area contributed by atoms with Crippen LogP contribution in [0.5, 0.6) is 17.2 Å². The maximum absolute atomic E-state index is 12.2. The average molecular weight is 381 g/mol. The molecule has 0 aromatic heterocycles. The van der Waals surface area contributed by atoms with Crippen LogP contribution in [-0.2, 0) is 16.1 Å². The molecule has 0 radical (unpaired) electrons. The molecule has 1 amide bonds. The van der Waals surface area contributed by atoms with Gasteiger partial charge in [0, 0.05) is 22.9 Å². The van der Waals surface area contributed by atoms with Crippen LogP contribution in [0.15, 0.2) is 54.6 Å². The maximum Gasteiger partial charge on any atom is 0.342 e. The fourth-order valence-corrected chi connectivity index (χ4v) is 2.80. The predicted octanol–water partition coefficient (Wildman–Crippen LogP) is 2.73. The Balaban J connectivity index is 1.63. The van der Waals surface area contributed by atoms with Crippen LogP contribution >= 0.6 is 0 Å². The van der Waals surface area contributed by atoms with Gasteiger partial charge in [-0.25, -0.2) is 4.79 Å². The monoisotopic (exact) mass is 381 g/mol. The molecule has 0 heterocycles. The standard InChI is InChI=1S/C21H19NO6/c1-27-18-9-5-2-6-13(18)11-22-19(24)12-28-21(26)16-10-17(23)14-7-3-4-8-15(14)20(16)25/h2-10,23,25H,11-12H2,1H3,(H,22,24). The lowest BCUT2D eigenvalue weighted by molar-refractivity contribution is -0.124. The summed E-state index contributed by atoms with van der Waals surface area (Å²) in [5.41, 5.74) is 0.565. The van der Waals surface area contributed by atoms with E-state index in [1.807, 2.05) is 12.1 Å². The fraction of sp³-hybridized carbons (Fsp3) is 0.143. The first-order valence-electron chi connectivity index (χ1n) is 8.50. The number of nitrogens with one attached hydrogen (secondary N) is 1. The lowest BCUT2D eigenvalue weighted by atomic mass is 10.0. The van der Waals surface area contributed by atoms with Crippen molar-refractivity contribution in [2.45, 2.75) is 6.54 Å². The van der Waals surface area contributed by atoms with Crippen molar-refractivity contribution in [2.24, 2.45) is 0 Å². The summed E-state index contributed by atoms with van der Waals surface area (Å²) in [5.74, 6) is -1.26. The van der Waals surface area contributed by atoms with Gasteiger partial charge in [0.25, 0.3) is 5.91 Å². The number of rotatable bonds is 6. The molecule has 0 aliphatic carbocycles. The summed E-state index contributed by atoms with van der Waals surface area (Å²) in [7, 11) is 1.54. The third-order valence-corrected chi connectivity index (χ3v) is 4.22. The quantitative estimate of drug-likeness (QED) is 0.448. The van der Waals surface area contributed by atoms with Crippen LogP contribution in [0.4, 0.5) is 0 Å². The zero-order valence-electron chi connectivity index (χ0n) is 15.1. The van der Waals surface area contributed by atoms with Gasteiger partial charge in [-0.05, 0) is 12.1 Å². The molecule has 28 heavy (non-hydrogen) atoms. The highest BCUT2D eigenvalue weighted by molar-refractivity contribution is 6.04. The van der Waals surface area contributed by atoms with Gasteiger partial charge in [0.05, 0.1) is 7.11 Å². The Morgan fingerprint density at radius 3 is 2.43 bits per heavy atom. The molecule has 3 aromatic rings. The van der Waals surface area contributed by atoms with Crippen molar-refractivity contribution in [2.75, 3.05) is 13.7 Å². The molecule has 0 aliphatic rings. The number of phenolic OH excluding ortho intramolecular Hbond substituents is 2. The van der Waals surface area contributed by atoms with E-state index < -0.39 is 18.5 Å². The maximum atomic E-state index is 12.2. The highest BCUT2D eigenvalue weighted by Gasteiger charge is 2.19. The first-order valence-corrected chi connectivity index (χ1v) is 8.50. The topological polar surface area (TPSA) is 105 Å². The molecular formula is C21H19NO6. The second-order valence-electron chi connectivity index (χ2n) is 6.00. The summed E-state index contributed by atoms with van der Waals surface area (Å²) < 4.78 is 10.2. The van der Waals surface area contributed by atoms with Crippen LogP contribution in [0, 0.1) is 0 Å². The van der Waals surface area contributed by atoms with Crippen LogP contribution in [0.2, 0.25) is 0 Å². The van der Waals surface area contributed by atoms with E-state index in [4.69, 9.17) is 9.47 Å². The largest absolute Gasteiger partial charge is 0.507 e. The van der Waals surface area contributed by atoms with Crippen LogP contribution in [0.25, 0.3) is 10.8 Å². The lowest BCUT2D eigenvalue weighted by Crippen LogP contribution is -2.28. The van der Waals surface area contributed by atoms with Crippen LogP contribution < -0.4 is 10.1 Å². The van der Waals surface area contributed by atoms with E-state index >= 15 is 0 Å². The summed E-state index contributed by atoms with van der Waals surface area (Å²) in [4.78, 5) is 24.2. The van der Waals surface area contributed by atoms with E-state index in [1.165, 1.54) is 7.11 Å². The molecule has 3 rings (SSSR count). The third-order valence-electron chi connectivity index (χ3n) is 4.22. The zero-order valence-corrected chi connectivity index (χ0v) is 15.1. The fourth-order valence-electron chi connectivity index (χ4n) is 2.80. The second kappa shape index (κ2) is 8.30. The first-order chi connectivity index (χ1) is 13.5. The molecule has 0 unspecified atom stereocenters. The van der Waals surface area contributed by atoms with E-state index in [0.29, 0.717) is 16.5 Å². The van der Waals surface area contributed by atoms with Crippen molar-refractivity contribution in [3.05, 3.63) is 65.7 Å². The minimum atomic E-state index is -0.911. The van der Waals surface area contributed by atoms with Crippen molar-refractivity contribution in [3.63, 3.8) is 0 Å². The number of phenols is 2. The van der Waals surface area contributed by atoms with Crippen molar-refractivity contribution in [1.29, 1.82) is 0 Å². The molecule has 7 heteroatoms. The summed E-state index contributed by atoms with van der Waals surface area (Å²) >= 11 is 0. The second-order valence-corrected chi connectivity index (χ2v) is 6.00. The van der Waals surface area contributed by atoms with Crippen molar-refractivity contribution < 1.29 is 29.3 Å². The van der Waals surface area contributed by atoms with Gasteiger partial charge in [-0.15, -0.1) is 0 Å². The molecule has 0 fully saturated rings. The molecule has 3 N–H and O–H groups in total. The molecular weight excluding hydrogens is 362 g/mol. The number of hydrogen-bond donors (Lipinski definition) is 3. The van der Waals surface area contributed by atoms with E-state index in [2.05, 4.69) is 5.32 Å². The third kappa shape index (κ3) is 3.98. The smallest absolute Gasteiger partial charge is 0.342 e. The molecule has 0 atom stereocenters. The van der Waals surface area contributed by atoms with Crippen molar-refractivity contribution in [1.82, 2.24) is 5.32 Å². The lowest BCUT2D eigenvalue weighted by Gasteiger charge is -2.11. The zero-order chi connectivity index (χ0) is 20.1. The van der Waals surface area contributed by atoms with Gasteiger partial charge < -0.3 is 25.0 Å². The first kappa shape index (κ1) is 19.0. The van der Waals surface area contributed by atoms with Crippen molar-refractivity contribution >= 4 is 22.6 Å². The average Bonchev–Trinajstić information content (AvgIpc) is 2.73. The Hall–Kier alpha value is -3.74. The molecule has 0 spiro atoms. The number of fused-ring (bicyclic) bond motifs is 1. The number of benzene rings is 3. The summed E-state index contributed by atoms with van der Waals surface area (Å²) in [6, 6.07) is 14.9. The van der Waals surface area contributed by atoms with Gasteiger partial charge in [0.15, 0.2) is 6.61 Å². The number of esters is 1. The van der Waals surface area contributed by atoms with E-state index in [9.17, 15) is 19.8 Å². The molecule has 0 saturated heterocycles. The Bertz CT molecular complexity index is 1030. The Labute approximate surface area is 161 Å². The Morgan fingerprint density at radius 1 is 1.00 bits per heavy atom. The summed E-state index contributed by atoms with van der Waals surface area (Å²) in [5, 5.41) is 23.7. The molecule has 0 saturated carbocycles. The number of para-hydroxylation sites is 1. The minimum Gasteiger partial charge on any atom is -0.507 e. The minimum absolute atomic E-state index is 0.166. The molecule has 0 aliphatic heterocycles. The van der Waals surface area contributed by atoms with Gasteiger partial charge in [0.1, 0.15) is 22.8 Å². The SMILES string of the molecule is COc1ccccc1CNC(=O)COC(=O)c1cc(O)c2ccccc2c1O.